The van der Waals surface area contributed by atoms with Crippen LogP contribution < -0.4 is 4.74 Å². The average molecular weight is 335 g/mol. The van der Waals surface area contributed by atoms with Crippen molar-refractivity contribution >= 4 is 17.6 Å². The minimum atomic E-state index is -4.86. The summed E-state index contributed by atoms with van der Waals surface area (Å²) in [7, 11) is 0. The number of carbonyl (C=O) groups is 1. The fourth-order valence-corrected chi connectivity index (χ4v) is 2.07. The van der Waals surface area contributed by atoms with Crippen LogP contribution in [0.5, 0.6) is 5.75 Å². The molecule has 0 radical (unpaired) electrons. The van der Waals surface area contributed by atoms with Gasteiger partial charge in [0, 0.05) is 10.6 Å². The average Bonchev–Trinajstić information content (AvgIpc) is 2.39. The van der Waals surface area contributed by atoms with Gasteiger partial charge in [0.05, 0.1) is 5.56 Å². The van der Waals surface area contributed by atoms with E-state index in [9.17, 15) is 22.4 Å². The summed E-state index contributed by atoms with van der Waals surface area (Å²) in [5.74, 6) is -3.04. The smallest absolute Gasteiger partial charge is 0.478 e. The zero-order chi connectivity index (χ0) is 16.5. The van der Waals surface area contributed by atoms with Crippen molar-refractivity contribution in [2.24, 2.45) is 0 Å². The molecule has 2 rings (SSSR count). The van der Waals surface area contributed by atoms with Crippen LogP contribution in [0.1, 0.15) is 10.4 Å². The van der Waals surface area contributed by atoms with E-state index in [1.807, 2.05) is 0 Å². The molecule has 0 amide bonds. The summed E-state index contributed by atoms with van der Waals surface area (Å²) >= 11 is 5.87. The summed E-state index contributed by atoms with van der Waals surface area (Å²) in [5, 5.41) is 8.67. The van der Waals surface area contributed by atoms with Crippen molar-refractivity contribution < 1.29 is 32.2 Å². The Hall–Kier alpha value is -2.28. The van der Waals surface area contributed by atoms with Gasteiger partial charge in [-0.05, 0) is 29.8 Å². The Bertz CT molecular complexity index is 729. The van der Waals surface area contributed by atoms with Crippen LogP contribution in [-0.2, 0) is 0 Å². The van der Waals surface area contributed by atoms with Crippen LogP contribution in [0.25, 0.3) is 11.1 Å². The van der Waals surface area contributed by atoms with Crippen molar-refractivity contribution in [3.63, 3.8) is 0 Å². The second-order valence-corrected chi connectivity index (χ2v) is 4.60. The number of carboxylic acids is 1. The number of halogens is 5. The molecule has 8 heteroatoms. The number of ether oxygens (including phenoxy) is 1. The quantitative estimate of drug-likeness (QED) is 0.824. The lowest BCUT2D eigenvalue weighted by atomic mass is 10.0. The number of hydrogen-bond acceptors (Lipinski definition) is 2. The highest BCUT2D eigenvalue weighted by molar-refractivity contribution is 6.33. The first-order valence-electron chi connectivity index (χ1n) is 5.76. The first-order chi connectivity index (χ1) is 10.2. The molecule has 0 heterocycles. The molecule has 116 valence electrons. The van der Waals surface area contributed by atoms with Crippen LogP contribution in [0, 0.1) is 5.82 Å². The highest BCUT2D eigenvalue weighted by Crippen LogP contribution is 2.33. The molecule has 0 fully saturated rings. The molecule has 0 bridgehead atoms. The molecule has 3 nitrogen and oxygen atoms in total. The number of alkyl halides is 3. The summed E-state index contributed by atoms with van der Waals surface area (Å²) in [5.41, 5.74) is -0.421. The van der Waals surface area contributed by atoms with Gasteiger partial charge in [-0.25, -0.2) is 9.18 Å². The van der Waals surface area contributed by atoms with Gasteiger partial charge in [-0.1, -0.05) is 23.7 Å². The first kappa shape index (κ1) is 16.1. The summed E-state index contributed by atoms with van der Waals surface area (Å²) in [6.45, 7) is 0. The minimum absolute atomic E-state index is 0.0526. The molecule has 0 aromatic heterocycles. The van der Waals surface area contributed by atoms with E-state index >= 15 is 0 Å². The van der Waals surface area contributed by atoms with E-state index in [4.69, 9.17) is 16.7 Å². The fourth-order valence-electron chi connectivity index (χ4n) is 1.79. The van der Waals surface area contributed by atoms with Crippen molar-refractivity contribution in [3.05, 3.63) is 52.8 Å². The zero-order valence-electron chi connectivity index (χ0n) is 10.6. The second kappa shape index (κ2) is 5.84. The van der Waals surface area contributed by atoms with Crippen LogP contribution in [0.2, 0.25) is 5.02 Å². The van der Waals surface area contributed by atoms with Gasteiger partial charge in [0.15, 0.2) is 0 Å². The molecular formula is C14H7ClF4O3. The summed E-state index contributed by atoms with van der Waals surface area (Å²) < 4.78 is 54.0. The van der Waals surface area contributed by atoms with Crippen LogP contribution in [-0.4, -0.2) is 17.4 Å². The van der Waals surface area contributed by atoms with Gasteiger partial charge >= 0.3 is 12.3 Å². The summed E-state index contributed by atoms with van der Waals surface area (Å²) in [6.07, 6.45) is -4.86. The predicted octanol–water partition coefficient (Wildman–Crippen LogP) is 4.74. The molecule has 0 aliphatic heterocycles. The van der Waals surface area contributed by atoms with Crippen molar-refractivity contribution in [3.8, 4) is 16.9 Å². The van der Waals surface area contributed by atoms with Crippen molar-refractivity contribution in [2.45, 2.75) is 6.36 Å². The highest BCUT2D eigenvalue weighted by Gasteiger charge is 2.31. The van der Waals surface area contributed by atoms with Crippen LogP contribution >= 0.6 is 11.6 Å². The number of hydrogen-bond donors (Lipinski definition) is 1. The first-order valence-corrected chi connectivity index (χ1v) is 6.13. The van der Waals surface area contributed by atoms with Crippen LogP contribution in [0.15, 0.2) is 36.4 Å². The number of rotatable bonds is 3. The zero-order valence-corrected chi connectivity index (χ0v) is 11.4. The molecule has 22 heavy (non-hydrogen) atoms. The Labute approximate surface area is 126 Å². The van der Waals surface area contributed by atoms with E-state index in [1.165, 1.54) is 12.1 Å². The predicted molar refractivity (Wildman–Crippen MR) is 70.5 cm³/mol. The molecule has 0 saturated carbocycles. The molecule has 0 spiro atoms. The third kappa shape index (κ3) is 3.67. The molecule has 1 N–H and O–H groups in total. The maximum absolute atomic E-state index is 13.7. The van der Waals surface area contributed by atoms with Gasteiger partial charge in [-0.2, -0.15) is 0 Å². The van der Waals surface area contributed by atoms with Gasteiger partial charge in [-0.15, -0.1) is 13.2 Å². The lowest BCUT2D eigenvalue weighted by Gasteiger charge is -2.11. The summed E-state index contributed by atoms with van der Waals surface area (Å²) in [6, 6.07) is 6.51. The number of carboxylic acid groups (broad SMARTS) is 1. The lowest BCUT2D eigenvalue weighted by Crippen LogP contribution is -2.17. The molecular weight excluding hydrogens is 328 g/mol. The van der Waals surface area contributed by atoms with E-state index in [1.54, 1.807) is 0 Å². The molecule has 2 aromatic rings. The largest absolute Gasteiger partial charge is 0.573 e. The SMILES string of the molecule is O=C(O)c1cc(Cl)c(-c2cccc(OC(F)(F)F)c2)cc1F. The van der Waals surface area contributed by atoms with Gasteiger partial charge in [0.2, 0.25) is 0 Å². The normalized spacial score (nSPS) is 11.3. The standard InChI is InChI=1S/C14H7ClF4O3/c15-11-5-10(13(20)21)12(16)6-9(11)7-2-1-3-8(4-7)22-14(17,18)19/h1-6H,(H,20,21). The van der Waals surface area contributed by atoms with E-state index in [0.29, 0.717) is 0 Å². The minimum Gasteiger partial charge on any atom is -0.478 e. The van der Waals surface area contributed by atoms with E-state index in [-0.39, 0.29) is 16.1 Å². The van der Waals surface area contributed by atoms with E-state index in [2.05, 4.69) is 4.74 Å². The number of benzene rings is 2. The fraction of sp³-hybridized carbons (Fsp3) is 0.0714. The van der Waals surface area contributed by atoms with Crippen LogP contribution in [0.4, 0.5) is 17.6 Å². The molecule has 0 aliphatic carbocycles. The highest BCUT2D eigenvalue weighted by atomic mass is 35.5. The third-order valence-corrected chi connectivity index (χ3v) is 2.98. The van der Waals surface area contributed by atoms with E-state index in [0.717, 1.165) is 24.3 Å². The Morgan fingerprint density at radius 2 is 1.86 bits per heavy atom. The van der Waals surface area contributed by atoms with Gasteiger partial charge in [0.25, 0.3) is 0 Å². The monoisotopic (exact) mass is 334 g/mol. The van der Waals surface area contributed by atoms with Crippen molar-refractivity contribution in [1.82, 2.24) is 0 Å². The maximum Gasteiger partial charge on any atom is 0.573 e. The summed E-state index contributed by atoms with van der Waals surface area (Å²) in [4.78, 5) is 10.8. The van der Waals surface area contributed by atoms with E-state index < -0.39 is 29.5 Å². The van der Waals surface area contributed by atoms with Gasteiger partial charge < -0.3 is 9.84 Å². The maximum atomic E-state index is 13.7. The van der Waals surface area contributed by atoms with Crippen molar-refractivity contribution in [1.29, 1.82) is 0 Å². The number of aromatic carboxylic acids is 1. The topological polar surface area (TPSA) is 46.5 Å². The second-order valence-electron chi connectivity index (χ2n) is 4.19. The Morgan fingerprint density at radius 3 is 2.45 bits per heavy atom. The van der Waals surface area contributed by atoms with Gasteiger partial charge in [0.1, 0.15) is 11.6 Å². The Morgan fingerprint density at radius 1 is 1.18 bits per heavy atom. The van der Waals surface area contributed by atoms with Crippen molar-refractivity contribution in [2.75, 3.05) is 0 Å². The molecule has 0 aliphatic rings. The molecule has 0 unspecified atom stereocenters. The molecule has 0 saturated heterocycles. The lowest BCUT2D eigenvalue weighted by molar-refractivity contribution is -0.274. The Balaban J connectivity index is 2.46. The Kier molecular flexibility index (Phi) is 4.27. The third-order valence-electron chi connectivity index (χ3n) is 2.67. The van der Waals surface area contributed by atoms with Gasteiger partial charge in [-0.3, -0.25) is 0 Å². The van der Waals surface area contributed by atoms with Crippen LogP contribution in [0.3, 0.4) is 0 Å². The molecule has 0 atom stereocenters. The molecule has 2 aromatic carbocycles.